The van der Waals surface area contributed by atoms with Gasteiger partial charge in [0.15, 0.2) is 5.13 Å². The lowest BCUT2D eigenvalue weighted by Crippen LogP contribution is -2.49. The molecular weight excluding hydrogens is 492 g/mol. The lowest BCUT2D eigenvalue weighted by Gasteiger charge is -2.57. The van der Waals surface area contributed by atoms with E-state index in [0.29, 0.717) is 10.8 Å². The molecule has 4 aliphatic carbocycles. The van der Waals surface area contributed by atoms with Crippen molar-refractivity contribution in [2.45, 2.75) is 113 Å². The van der Waals surface area contributed by atoms with Crippen molar-refractivity contribution in [1.29, 1.82) is 0 Å². The van der Waals surface area contributed by atoms with E-state index in [1.807, 2.05) is 11.3 Å². The summed E-state index contributed by atoms with van der Waals surface area (Å²) < 4.78 is 0. The highest BCUT2D eigenvalue weighted by atomic mass is 32.1. The number of nitrogens with zero attached hydrogens (tertiary/aromatic N) is 1. The van der Waals surface area contributed by atoms with E-state index in [1.165, 1.54) is 85.2 Å². The molecule has 2 fully saturated rings. The van der Waals surface area contributed by atoms with Gasteiger partial charge in [-0.1, -0.05) is 89.0 Å². The Morgan fingerprint density at radius 3 is 2.62 bits per heavy atom. The first-order valence-corrected chi connectivity index (χ1v) is 17.0. The van der Waals surface area contributed by atoms with Crippen LogP contribution < -0.4 is 5.32 Å². The molecule has 3 heteroatoms. The van der Waals surface area contributed by atoms with Gasteiger partial charge in [0.2, 0.25) is 0 Å². The highest BCUT2D eigenvalue weighted by Crippen LogP contribution is 2.68. The minimum atomic E-state index is 0.321. The van der Waals surface area contributed by atoms with Crippen molar-refractivity contribution in [3.05, 3.63) is 46.0 Å². The van der Waals surface area contributed by atoms with Gasteiger partial charge in [0.25, 0.3) is 0 Å². The standard InChI is InChI=1S/C36H52N2S/c1-22(2)9-8-10-24(4)27-14-15-28-26-12-13-30-33-32(18-20-36(30,7)29(26)17-19-35(27,28)6)38-34(39-33)37-31-16-11-23(3)21-25(31)5/h11,13,16,21-22,24,26-29H,8-10,12,14-15,17-20H2,1-7H3,(H,37,38)/t24-,26+,27-,28+,29+,35-,36-/m1/s1. The number of nitrogens with one attached hydrogen (secondary N) is 1. The Balaban J connectivity index is 1.22. The second-order valence-electron chi connectivity index (χ2n) is 14.9. The van der Waals surface area contributed by atoms with E-state index in [2.05, 4.69) is 78.1 Å². The first kappa shape index (κ1) is 27.6. The van der Waals surface area contributed by atoms with E-state index < -0.39 is 0 Å². The number of rotatable bonds is 7. The molecule has 0 saturated heterocycles. The molecule has 212 valence electrons. The van der Waals surface area contributed by atoms with E-state index in [1.54, 1.807) is 5.57 Å². The second-order valence-corrected chi connectivity index (χ2v) is 15.9. The Morgan fingerprint density at radius 1 is 1.03 bits per heavy atom. The molecule has 2 saturated carbocycles. The SMILES string of the molecule is Cc1ccc(Nc2nc3c(s2)C2=CC[C@H]4[C@@H]5CC[C@H]([C@H](C)CCCC(C)C)[C@@]5(C)CC[C@@H]4[C@@]2(C)CC3)c(C)c1. The summed E-state index contributed by atoms with van der Waals surface area (Å²) in [6.45, 7) is 17.1. The molecule has 39 heavy (non-hydrogen) atoms. The van der Waals surface area contributed by atoms with Gasteiger partial charge in [-0.15, -0.1) is 0 Å². The van der Waals surface area contributed by atoms with Gasteiger partial charge in [0.05, 0.1) is 10.6 Å². The molecule has 1 aromatic heterocycles. The summed E-state index contributed by atoms with van der Waals surface area (Å²) in [4.78, 5) is 6.62. The molecule has 1 aromatic carbocycles. The van der Waals surface area contributed by atoms with Gasteiger partial charge >= 0.3 is 0 Å². The molecule has 0 bridgehead atoms. The Hall–Kier alpha value is -1.61. The zero-order valence-electron chi connectivity index (χ0n) is 25.7. The number of benzene rings is 1. The fraction of sp³-hybridized carbons (Fsp3) is 0.694. The Bertz CT molecular complexity index is 1240. The normalized spacial score (nSPS) is 34.1. The van der Waals surface area contributed by atoms with Crippen molar-refractivity contribution < 1.29 is 0 Å². The van der Waals surface area contributed by atoms with Crippen molar-refractivity contribution in [2.24, 2.45) is 46.3 Å². The van der Waals surface area contributed by atoms with Crippen molar-refractivity contribution in [3.8, 4) is 0 Å². The fourth-order valence-electron chi connectivity index (χ4n) is 10.0. The van der Waals surface area contributed by atoms with Gasteiger partial charge in [-0.2, -0.15) is 0 Å². The van der Waals surface area contributed by atoms with Crippen LogP contribution in [-0.2, 0) is 6.42 Å². The van der Waals surface area contributed by atoms with E-state index in [0.717, 1.165) is 47.1 Å². The molecule has 0 amide bonds. The first-order chi connectivity index (χ1) is 18.6. The Labute approximate surface area is 242 Å². The highest BCUT2D eigenvalue weighted by molar-refractivity contribution is 7.16. The maximum absolute atomic E-state index is 5.13. The molecule has 4 aliphatic rings. The lowest BCUT2D eigenvalue weighted by molar-refractivity contribution is -0.0392. The highest BCUT2D eigenvalue weighted by Gasteiger charge is 2.59. The van der Waals surface area contributed by atoms with Crippen molar-refractivity contribution >= 4 is 27.7 Å². The molecule has 0 aliphatic heterocycles. The second kappa shape index (κ2) is 10.3. The quantitative estimate of drug-likeness (QED) is 0.375. The average molecular weight is 545 g/mol. The minimum absolute atomic E-state index is 0.321. The number of hydrogen-bond donors (Lipinski definition) is 1. The molecule has 0 unspecified atom stereocenters. The number of aromatic nitrogens is 1. The largest absolute Gasteiger partial charge is 0.331 e. The zero-order valence-corrected chi connectivity index (χ0v) is 26.5. The van der Waals surface area contributed by atoms with Crippen LogP contribution in [0.25, 0.3) is 5.57 Å². The molecule has 6 rings (SSSR count). The molecule has 2 nitrogen and oxygen atoms in total. The summed E-state index contributed by atoms with van der Waals surface area (Å²) in [5.41, 5.74) is 7.67. The van der Waals surface area contributed by atoms with Gasteiger partial charge in [-0.25, -0.2) is 4.98 Å². The van der Waals surface area contributed by atoms with Gasteiger partial charge in [-0.3, -0.25) is 0 Å². The Kier molecular flexibility index (Phi) is 7.31. The van der Waals surface area contributed by atoms with Crippen LogP contribution in [0.4, 0.5) is 10.8 Å². The van der Waals surface area contributed by atoms with Crippen molar-refractivity contribution in [2.75, 3.05) is 5.32 Å². The monoisotopic (exact) mass is 544 g/mol. The fourth-order valence-corrected chi connectivity index (χ4v) is 11.2. The van der Waals surface area contributed by atoms with Crippen LogP contribution in [-0.4, -0.2) is 4.98 Å². The number of fused-ring (bicyclic) bond motifs is 7. The van der Waals surface area contributed by atoms with Crippen LogP contribution in [0.2, 0.25) is 0 Å². The van der Waals surface area contributed by atoms with Gasteiger partial charge in [0, 0.05) is 5.69 Å². The van der Waals surface area contributed by atoms with Crippen LogP contribution in [0.1, 0.15) is 114 Å². The number of aryl methyl sites for hydroxylation is 3. The van der Waals surface area contributed by atoms with Crippen LogP contribution in [0.3, 0.4) is 0 Å². The predicted molar refractivity (Wildman–Crippen MR) is 169 cm³/mol. The third-order valence-corrected chi connectivity index (χ3v) is 13.2. The van der Waals surface area contributed by atoms with Crippen LogP contribution in [0, 0.1) is 60.2 Å². The average Bonchev–Trinajstić information content (AvgIpc) is 3.45. The maximum atomic E-state index is 5.13. The first-order valence-electron chi connectivity index (χ1n) is 16.1. The topological polar surface area (TPSA) is 24.9 Å². The summed E-state index contributed by atoms with van der Waals surface area (Å²) >= 11 is 1.91. The number of hydrogen-bond acceptors (Lipinski definition) is 3. The molecule has 1 heterocycles. The summed E-state index contributed by atoms with van der Waals surface area (Å²) in [6.07, 6.45) is 16.5. The van der Waals surface area contributed by atoms with Crippen LogP contribution in [0.5, 0.6) is 0 Å². The minimum Gasteiger partial charge on any atom is -0.331 e. The van der Waals surface area contributed by atoms with E-state index in [4.69, 9.17) is 4.98 Å². The molecular formula is C36H52N2S. The zero-order chi connectivity index (χ0) is 27.5. The van der Waals surface area contributed by atoms with E-state index in [9.17, 15) is 0 Å². The maximum Gasteiger partial charge on any atom is 0.187 e. The molecule has 0 spiro atoms. The summed E-state index contributed by atoms with van der Waals surface area (Å²) in [7, 11) is 0. The predicted octanol–water partition coefficient (Wildman–Crippen LogP) is 10.8. The van der Waals surface area contributed by atoms with E-state index in [-0.39, 0.29) is 0 Å². The lowest BCUT2D eigenvalue weighted by atomic mass is 9.47. The summed E-state index contributed by atoms with van der Waals surface area (Å²) in [5, 5.41) is 4.74. The van der Waals surface area contributed by atoms with Crippen LogP contribution in [0.15, 0.2) is 24.3 Å². The Morgan fingerprint density at radius 2 is 1.85 bits per heavy atom. The van der Waals surface area contributed by atoms with Gasteiger partial charge in [-0.05, 0) is 122 Å². The molecule has 2 aromatic rings. The van der Waals surface area contributed by atoms with Crippen molar-refractivity contribution in [3.63, 3.8) is 0 Å². The third kappa shape index (κ3) is 4.73. The van der Waals surface area contributed by atoms with Crippen LogP contribution >= 0.6 is 11.3 Å². The number of thiazole rings is 1. The van der Waals surface area contributed by atoms with E-state index >= 15 is 0 Å². The number of allylic oxidation sites excluding steroid dienone is 2. The summed E-state index contributed by atoms with van der Waals surface area (Å²) in [5.74, 6) is 5.32. The number of anilines is 2. The molecule has 1 N–H and O–H groups in total. The summed E-state index contributed by atoms with van der Waals surface area (Å²) in [6, 6.07) is 6.66. The van der Waals surface area contributed by atoms with Crippen molar-refractivity contribution in [1.82, 2.24) is 4.98 Å². The molecule has 7 atom stereocenters. The smallest absolute Gasteiger partial charge is 0.187 e. The van der Waals surface area contributed by atoms with Gasteiger partial charge in [0.1, 0.15) is 0 Å². The van der Waals surface area contributed by atoms with Gasteiger partial charge < -0.3 is 5.32 Å². The molecule has 0 radical (unpaired) electrons. The third-order valence-electron chi connectivity index (χ3n) is 12.1.